The van der Waals surface area contributed by atoms with Gasteiger partial charge in [-0.3, -0.25) is 4.79 Å². The van der Waals surface area contributed by atoms with Gasteiger partial charge in [-0.15, -0.1) is 0 Å². The van der Waals surface area contributed by atoms with Gasteiger partial charge in [0.15, 0.2) is 5.13 Å². The molecule has 0 atom stereocenters. The van der Waals surface area contributed by atoms with E-state index >= 15 is 0 Å². The Bertz CT molecular complexity index is 432. The average Bonchev–Trinajstić information content (AvgIpc) is 2.80. The zero-order valence-electron chi connectivity index (χ0n) is 10.8. The Balaban J connectivity index is 2.00. The highest BCUT2D eigenvalue weighted by atomic mass is 32.2. The molecule has 1 aromatic heterocycles. The number of nitrogens with one attached hydrogen (secondary N) is 1. The minimum atomic E-state index is -0.00454. The number of hydrogen-bond donors (Lipinski definition) is 2. The molecule has 1 amide bonds. The zero-order chi connectivity index (χ0) is 13.7. The first kappa shape index (κ1) is 14.4. The zero-order valence-corrected chi connectivity index (χ0v) is 12.5. The van der Waals surface area contributed by atoms with Crippen molar-refractivity contribution in [1.82, 2.24) is 9.88 Å². The predicted octanol–water partition coefficient (Wildman–Crippen LogP) is 0.973. The predicted molar refractivity (Wildman–Crippen MR) is 80.1 cm³/mol. The molecule has 2 rings (SSSR count). The lowest BCUT2D eigenvalue weighted by Gasteiger charge is -2.25. The first-order valence-corrected chi connectivity index (χ1v) is 8.05. The van der Waals surface area contributed by atoms with Crippen molar-refractivity contribution in [2.45, 2.75) is 0 Å². The molecule has 0 unspecified atom stereocenters. The van der Waals surface area contributed by atoms with Crippen molar-refractivity contribution in [1.29, 1.82) is 0 Å². The van der Waals surface area contributed by atoms with E-state index in [9.17, 15) is 4.79 Å². The van der Waals surface area contributed by atoms with Gasteiger partial charge in [-0.1, -0.05) is 11.3 Å². The SMILES string of the molecule is COCCNc1nc(N)c(C(=O)N2CCSCC2)s1. The number of thiazole rings is 1. The molecular formula is C11H18N4O2S2. The van der Waals surface area contributed by atoms with E-state index in [2.05, 4.69) is 10.3 Å². The molecule has 0 saturated carbocycles. The molecule has 1 aromatic rings. The molecule has 1 aliphatic rings. The minimum absolute atomic E-state index is 0.00454. The van der Waals surface area contributed by atoms with Crippen LogP contribution in [0, 0.1) is 0 Å². The van der Waals surface area contributed by atoms with E-state index in [1.165, 1.54) is 11.3 Å². The third-order valence-corrected chi connectivity index (χ3v) is 4.69. The van der Waals surface area contributed by atoms with Crippen LogP contribution in [0.25, 0.3) is 0 Å². The molecule has 1 fully saturated rings. The second kappa shape index (κ2) is 6.97. The largest absolute Gasteiger partial charge is 0.383 e. The van der Waals surface area contributed by atoms with Crippen LogP contribution in [0.2, 0.25) is 0 Å². The van der Waals surface area contributed by atoms with Crippen molar-refractivity contribution in [2.24, 2.45) is 0 Å². The Morgan fingerprint density at radius 3 is 2.95 bits per heavy atom. The highest BCUT2D eigenvalue weighted by Crippen LogP contribution is 2.27. The van der Waals surface area contributed by atoms with Crippen LogP contribution in [0.3, 0.4) is 0 Å². The Labute approximate surface area is 120 Å². The van der Waals surface area contributed by atoms with E-state index in [1.807, 2.05) is 16.7 Å². The lowest BCUT2D eigenvalue weighted by atomic mass is 10.4. The molecule has 8 heteroatoms. The van der Waals surface area contributed by atoms with Crippen LogP contribution in [0.5, 0.6) is 0 Å². The van der Waals surface area contributed by atoms with Crippen LogP contribution >= 0.6 is 23.1 Å². The topological polar surface area (TPSA) is 80.5 Å². The Morgan fingerprint density at radius 1 is 1.53 bits per heavy atom. The molecule has 106 valence electrons. The normalized spacial score (nSPS) is 15.5. The molecule has 3 N–H and O–H groups in total. The summed E-state index contributed by atoms with van der Waals surface area (Å²) >= 11 is 3.18. The van der Waals surface area contributed by atoms with E-state index in [0.29, 0.717) is 29.0 Å². The maximum atomic E-state index is 12.3. The number of carbonyl (C=O) groups is 1. The van der Waals surface area contributed by atoms with Crippen molar-refractivity contribution in [3.63, 3.8) is 0 Å². The molecule has 0 aliphatic carbocycles. The van der Waals surface area contributed by atoms with Gasteiger partial charge in [0.25, 0.3) is 5.91 Å². The van der Waals surface area contributed by atoms with Gasteiger partial charge >= 0.3 is 0 Å². The number of carbonyl (C=O) groups excluding carboxylic acids is 1. The fraction of sp³-hybridized carbons (Fsp3) is 0.636. The second-order valence-corrected chi connectivity index (χ2v) is 6.28. The highest BCUT2D eigenvalue weighted by molar-refractivity contribution is 7.99. The van der Waals surface area contributed by atoms with Gasteiger partial charge < -0.3 is 20.7 Å². The highest BCUT2D eigenvalue weighted by Gasteiger charge is 2.23. The number of ether oxygens (including phenoxy) is 1. The number of nitrogen functional groups attached to an aromatic ring is 1. The first-order chi connectivity index (χ1) is 9.22. The summed E-state index contributed by atoms with van der Waals surface area (Å²) in [7, 11) is 1.64. The maximum Gasteiger partial charge on any atom is 0.267 e. The number of thioether (sulfide) groups is 1. The first-order valence-electron chi connectivity index (χ1n) is 6.08. The Morgan fingerprint density at radius 2 is 2.26 bits per heavy atom. The summed E-state index contributed by atoms with van der Waals surface area (Å²) in [6.45, 7) is 2.81. The van der Waals surface area contributed by atoms with Crippen LogP contribution in [-0.4, -0.2) is 60.6 Å². The standard InChI is InChI=1S/C11H18N4O2S2/c1-17-5-2-13-11-14-9(12)8(19-11)10(16)15-3-6-18-7-4-15/h2-7,12H2,1H3,(H,13,14). The Kier molecular flexibility index (Phi) is 5.29. The molecule has 0 aromatic carbocycles. The minimum Gasteiger partial charge on any atom is -0.383 e. The molecule has 6 nitrogen and oxygen atoms in total. The number of methoxy groups -OCH3 is 1. The molecule has 0 bridgehead atoms. The van der Waals surface area contributed by atoms with Gasteiger partial charge in [0.05, 0.1) is 6.61 Å². The number of rotatable bonds is 5. The van der Waals surface area contributed by atoms with Gasteiger partial charge in [-0.05, 0) is 0 Å². The second-order valence-electron chi connectivity index (χ2n) is 4.06. The summed E-state index contributed by atoms with van der Waals surface area (Å²) in [5, 5.41) is 3.76. The van der Waals surface area contributed by atoms with Crippen molar-refractivity contribution in [3.8, 4) is 0 Å². The summed E-state index contributed by atoms with van der Waals surface area (Å²) in [6.07, 6.45) is 0. The van der Waals surface area contributed by atoms with Crippen LogP contribution < -0.4 is 11.1 Å². The summed E-state index contributed by atoms with van der Waals surface area (Å²) < 4.78 is 4.95. The van der Waals surface area contributed by atoms with Gasteiger partial charge in [-0.2, -0.15) is 11.8 Å². The van der Waals surface area contributed by atoms with Crippen molar-refractivity contribution in [2.75, 3.05) is 55.9 Å². The summed E-state index contributed by atoms with van der Waals surface area (Å²) in [4.78, 5) is 18.9. The lowest BCUT2D eigenvalue weighted by Crippen LogP contribution is -2.37. The number of nitrogens with zero attached hydrogens (tertiary/aromatic N) is 2. The van der Waals surface area contributed by atoms with E-state index in [0.717, 1.165) is 24.6 Å². The van der Waals surface area contributed by atoms with Crippen LogP contribution in [0.1, 0.15) is 9.67 Å². The lowest BCUT2D eigenvalue weighted by molar-refractivity contribution is 0.0778. The molecule has 2 heterocycles. The van der Waals surface area contributed by atoms with E-state index < -0.39 is 0 Å². The molecule has 0 spiro atoms. The molecule has 19 heavy (non-hydrogen) atoms. The maximum absolute atomic E-state index is 12.3. The third kappa shape index (κ3) is 3.74. The molecule has 1 saturated heterocycles. The number of amides is 1. The van der Waals surface area contributed by atoms with Crippen LogP contribution in [0.15, 0.2) is 0 Å². The van der Waals surface area contributed by atoms with Gasteiger partial charge in [-0.25, -0.2) is 4.98 Å². The summed E-state index contributed by atoms with van der Waals surface area (Å²) in [5.74, 6) is 2.29. The van der Waals surface area contributed by atoms with E-state index in [4.69, 9.17) is 10.5 Å². The fourth-order valence-corrected chi connectivity index (χ4v) is 3.51. The van der Waals surface area contributed by atoms with Gasteiger partial charge in [0.1, 0.15) is 10.7 Å². The van der Waals surface area contributed by atoms with Crippen molar-refractivity contribution < 1.29 is 9.53 Å². The van der Waals surface area contributed by atoms with E-state index in [1.54, 1.807) is 7.11 Å². The van der Waals surface area contributed by atoms with Gasteiger partial charge in [0.2, 0.25) is 0 Å². The average molecular weight is 302 g/mol. The summed E-state index contributed by atoms with van der Waals surface area (Å²) in [5.41, 5.74) is 5.83. The fourth-order valence-electron chi connectivity index (χ4n) is 1.73. The summed E-state index contributed by atoms with van der Waals surface area (Å²) in [6, 6.07) is 0. The molecular weight excluding hydrogens is 284 g/mol. The quantitative estimate of drug-likeness (QED) is 0.789. The number of aromatic nitrogens is 1. The van der Waals surface area contributed by atoms with Crippen molar-refractivity contribution in [3.05, 3.63) is 4.88 Å². The third-order valence-electron chi connectivity index (χ3n) is 2.73. The van der Waals surface area contributed by atoms with Gasteiger partial charge in [0, 0.05) is 38.2 Å². The number of hydrogen-bond acceptors (Lipinski definition) is 7. The Hall–Kier alpha value is -0.990. The number of anilines is 2. The van der Waals surface area contributed by atoms with Crippen molar-refractivity contribution >= 4 is 40.0 Å². The number of nitrogens with two attached hydrogens (primary N) is 1. The van der Waals surface area contributed by atoms with E-state index in [-0.39, 0.29) is 5.91 Å². The molecule has 1 aliphatic heterocycles. The smallest absolute Gasteiger partial charge is 0.267 e. The van der Waals surface area contributed by atoms with Crippen LogP contribution in [-0.2, 0) is 4.74 Å². The monoisotopic (exact) mass is 302 g/mol. The molecule has 0 radical (unpaired) electrons. The van der Waals surface area contributed by atoms with Crippen LogP contribution in [0.4, 0.5) is 10.9 Å².